The minimum atomic E-state index is -0.844. The molecule has 0 saturated carbocycles. The summed E-state index contributed by atoms with van der Waals surface area (Å²) in [5.74, 6) is 1.17. The highest BCUT2D eigenvalue weighted by molar-refractivity contribution is 5.48. The number of rotatable bonds is 4. The molecule has 5 heteroatoms. The van der Waals surface area contributed by atoms with Gasteiger partial charge in [0, 0.05) is 7.05 Å². The van der Waals surface area contributed by atoms with E-state index in [1.807, 2.05) is 13.1 Å². The minimum absolute atomic E-state index is 0.586. The molecule has 5 nitrogen and oxygen atoms in total. The van der Waals surface area contributed by atoms with E-state index >= 15 is 0 Å². The zero-order chi connectivity index (χ0) is 13.1. The number of nitrogens with zero attached hydrogens (tertiary/aromatic N) is 2. The van der Waals surface area contributed by atoms with Crippen LogP contribution < -0.4 is 9.47 Å². The third kappa shape index (κ3) is 2.04. The SMILES string of the molecule is COc1cccc(OC)c1C(O)c1cncn1C. The van der Waals surface area contributed by atoms with Gasteiger partial charge in [-0.2, -0.15) is 0 Å². The Bertz CT molecular complexity index is 515. The molecule has 2 rings (SSSR count). The third-order valence-corrected chi connectivity index (χ3v) is 2.87. The topological polar surface area (TPSA) is 56.5 Å². The molecular weight excluding hydrogens is 232 g/mol. The Balaban J connectivity index is 2.52. The Morgan fingerprint density at radius 1 is 1.22 bits per heavy atom. The summed E-state index contributed by atoms with van der Waals surface area (Å²) in [6.45, 7) is 0. The van der Waals surface area contributed by atoms with Gasteiger partial charge < -0.3 is 19.1 Å². The van der Waals surface area contributed by atoms with Crippen molar-refractivity contribution < 1.29 is 14.6 Å². The van der Waals surface area contributed by atoms with Gasteiger partial charge in [0.05, 0.1) is 38.0 Å². The number of aliphatic hydroxyl groups excluding tert-OH is 1. The van der Waals surface area contributed by atoms with E-state index in [4.69, 9.17) is 9.47 Å². The van der Waals surface area contributed by atoms with Crippen LogP contribution >= 0.6 is 0 Å². The second-order valence-electron chi connectivity index (χ2n) is 3.91. The van der Waals surface area contributed by atoms with Gasteiger partial charge in [0.1, 0.15) is 17.6 Å². The fraction of sp³-hybridized carbons (Fsp3) is 0.308. The van der Waals surface area contributed by atoms with E-state index < -0.39 is 6.10 Å². The molecule has 1 heterocycles. The zero-order valence-electron chi connectivity index (χ0n) is 10.6. The van der Waals surface area contributed by atoms with Crippen LogP contribution in [0.3, 0.4) is 0 Å². The first-order valence-electron chi connectivity index (χ1n) is 5.54. The van der Waals surface area contributed by atoms with Gasteiger partial charge in [-0.3, -0.25) is 0 Å². The van der Waals surface area contributed by atoms with Crippen molar-refractivity contribution in [3.05, 3.63) is 42.0 Å². The Hall–Kier alpha value is -2.01. The average Bonchev–Trinajstić information content (AvgIpc) is 2.83. The Labute approximate surface area is 106 Å². The van der Waals surface area contributed by atoms with E-state index in [1.54, 1.807) is 43.4 Å². The van der Waals surface area contributed by atoms with Crippen LogP contribution in [0.15, 0.2) is 30.7 Å². The Morgan fingerprint density at radius 3 is 2.28 bits per heavy atom. The summed E-state index contributed by atoms with van der Waals surface area (Å²) < 4.78 is 12.3. The van der Waals surface area contributed by atoms with E-state index in [0.29, 0.717) is 22.8 Å². The lowest BCUT2D eigenvalue weighted by atomic mass is 10.0. The molecule has 0 saturated heterocycles. The van der Waals surface area contributed by atoms with Gasteiger partial charge in [0.2, 0.25) is 0 Å². The largest absolute Gasteiger partial charge is 0.496 e. The molecule has 1 N–H and O–H groups in total. The van der Waals surface area contributed by atoms with Gasteiger partial charge in [0.15, 0.2) is 0 Å². The molecule has 1 aromatic carbocycles. The molecule has 0 amide bonds. The highest BCUT2D eigenvalue weighted by atomic mass is 16.5. The van der Waals surface area contributed by atoms with E-state index in [1.165, 1.54) is 0 Å². The Kier molecular flexibility index (Phi) is 3.53. The van der Waals surface area contributed by atoms with Crippen molar-refractivity contribution in [1.29, 1.82) is 0 Å². The number of benzene rings is 1. The molecule has 0 aliphatic carbocycles. The van der Waals surface area contributed by atoms with Gasteiger partial charge in [0.25, 0.3) is 0 Å². The van der Waals surface area contributed by atoms with Gasteiger partial charge in [-0.15, -0.1) is 0 Å². The number of aromatic nitrogens is 2. The van der Waals surface area contributed by atoms with Gasteiger partial charge in [-0.05, 0) is 12.1 Å². The van der Waals surface area contributed by atoms with Crippen molar-refractivity contribution in [2.45, 2.75) is 6.10 Å². The molecule has 0 spiro atoms. The van der Waals surface area contributed by atoms with E-state index in [-0.39, 0.29) is 0 Å². The summed E-state index contributed by atoms with van der Waals surface area (Å²) in [7, 11) is 4.95. The lowest BCUT2D eigenvalue weighted by Crippen LogP contribution is -2.08. The molecule has 1 unspecified atom stereocenters. The van der Waals surface area contributed by atoms with Crippen molar-refractivity contribution in [2.24, 2.45) is 7.05 Å². The summed E-state index contributed by atoms with van der Waals surface area (Å²) in [6.07, 6.45) is 2.42. The summed E-state index contributed by atoms with van der Waals surface area (Å²) in [4.78, 5) is 4.00. The standard InChI is InChI=1S/C13H16N2O3/c1-15-8-14-7-9(15)13(16)12-10(17-2)5-4-6-11(12)18-3/h4-8,13,16H,1-3H3. The first kappa shape index (κ1) is 12.4. The van der Waals surface area contributed by atoms with Crippen LogP contribution in [-0.2, 0) is 7.05 Å². The van der Waals surface area contributed by atoms with Crippen molar-refractivity contribution >= 4 is 0 Å². The first-order valence-corrected chi connectivity index (χ1v) is 5.54. The number of ether oxygens (including phenoxy) is 2. The molecule has 0 aliphatic heterocycles. The number of hydrogen-bond acceptors (Lipinski definition) is 4. The average molecular weight is 248 g/mol. The predicted octanol–water partition coefficient (Wildman–Crippen LogP) is 1.52. The summed E-state index contributed by atoms with van der Waals surface area (Å²) in [5.41, 5.74) is 1.28. The number of aryl methyl sites for hydroxylation is 1. The number of hydrogen-bond donors (Lipinski definition) is 1. The molecule has 2 aromatic rings. The van der Waals surface area contributed by atoms with E-state index in [2.05, 4.69) is 4.98 Å². The molecule has 0 aliphatic rings. The maximum atomic E-state index is 10.5. The highest BCUT2D eigenvalue weighted by Gasteiger charge is 2.22. The maximum Gasteiger partial charge on any atom is 0.128 e. The fourth-order valence-electron chi connectivity index (χ4n) is 1.93. The summed E-state index contributed by atoms with van der Waals surface area (Å²) >= 11 is 0. The van der Waals surface area contributed by atoms with E-state index in [9.17, 15) is 5.11 Å². The second-order valence-corrected chi connectivity index (χ2v) is 3.91. The van der Waals surface area contributed by atoms with Crippen LogP contribution in [-0.4, -0.2) is 28.9 Å². The van der Waals surface area contributed by atoms with Crippen LogP contribution in [0, 0.1) is 0 Å². The summed E-state index contributed by atoms with van der Waals surface area (Å²) in [6, 6.07) is 5.39. The normalized spacial score (nSPS) is 12.2. The predicted molar refractivity (Wildman–Crippen MR) is 66.8 cm³/mol. The van der Waals surface area contributed by atoms with Gasteiger partial charge in [-0.25, -0.2) is 4.98 Å². The molecule has 1 atom stereocenters. The molecule has 0 fully saturated rings. The monoisotopic (exact) mass is 248 g/mol. The van der Waals surface area contributed by atoms with Crippen LogP contribution in [0.1, 0.15) is 17.4 Å². The van der Waals surface area contributed by atoms with Crippen molar-refractivity contribution in [2.75, 3.05) is 14.2 Å². The molecule has 18 heavy (non-hydrogen) atoms. The molecule has 1 aromatic heterocycles. The van der Waals surface area contributed by atoms with Crippen molar-refractivity contribution in [3.63, 3.8) is 0 Å². The lowest BCUT2D eigenvalue weighted by molar-refractivity contribution is 0.200. The fourth-order valence-corrected chi connectivity index (χ4v) is 1.93. The quantitative estimate of drug-likeness (QED) is 0.891. The number of imidazole rings is 1. The Morgan fingerprint density at radius 2 is 1.83 bits per heavy atom. The van der Waals surface area contributed by atoms with Crippen LogP contribution in [0.2, 0.25) is 0 Å². The van der Waals surface area contributed by atoms with Gasteiger partial charge >= 0.3 is 0 Å². The van der Waals surface area contributed by atoms with E-state index in [0.717, 1.165) is 0 Å². The molecule has 0 radical (unpaired) electrons. The molecule has 0 bridgehead atoms. The van der Waals surface area contributed by atoms with Crippen molar-refractivity contribution in [3.8, 4) is 11.5 Å². The number of aliphatic hydroxyl groups is 1. The lowest BCUT2D eigenvalue weighted by Gasteiger charge is -2.18. The molecule has 96 valence electrons. The first-order chi connectivity index (χ1) is 8.69. The highest BCUT2D eigenvalue weighted by Crippen LogP contribution is 2.36. The van der Waals surface area contributed by atoms with Crippen molar-refractivity contribution in [1.82, 2.24) is 9.55 Å². The smallest absolute Gasteiger partial charge is 0.128 e. The summed E-state index contributed by atoms with van der Waals surface area (Å²) in [5, 5.41) is 10.5. The van der Waals surface area contributed by atoms with Crippen LogP contribution in [0.4, 0.5) is 0 Å². The third-order valence-electron chi connectivity index (χ3n) is 2.87. The number of methoxy groups -OCH3 is 2. The minimum Gasteiger partial charge on any atom is -0.496 e. The van der Waals surface area contributed by atoms with Crippen LogP contribution in [0.5, 0.6) is 11.5 Å². The second kappa shape index (κ2) is 5.10. The van der Waals surface area contributed by atoms with Gasteiger partial charge in [-0.1, -0.05) is 6.07 Å². The molecular formula is C13H16N2O3. The zero-order valence-corrected chi connectivity index (χ0v) is 10.6. The maximum absolute atomic E-state index is 10.5. The van der Waals surface area contributed by atoms with Crippen LogP contribution in [0.25, 0.3) is 0 Å².